The molecule has 0 aliphatic heterocycles. The van der Waals surface area contributed by atoms with Crippen LogP contribution >= 0.6 is 0 Å². The molecule has 0 amide bonds. The van der Waals surface area contributed by atoms with Gasteiger partial charge in [-0.05, 0) is 47.8 Å². The van der Waals surface area contributed by atoms with Gasteiger partial charge >= 0.3 is 25.8 Å². The summed E-state index contributed by atoms with van der Waals surface area (Å²) >= 11 is 0. The van der Waals surface area contributed by atoms with Crippen LogP contribution < -0.4 is 44.0 Å². The van der Waals surface area contributed by atoms with Gasteiger partial charge in [-0.25, -0.2) is 0 Å². The van der Waals surface area contributed by atoms with Crippen molar-refractivity contribution in [3.8, 4) is 11.5 Å². The Kier molecular flexibility index (Phi) is 11.7. The van der Waals surface area contributed by atoms with Crippen LogP contribution in [-0.2, 0) is 25.8 Å². The zero-order valence-corrected chi connectivity index (χ0v) is 34.5. The van der Waals surface area contributed by atoms with E-state index in [0.29, 0.717) is 0 Å². The summed E-state index contributed by atoms with van der Waals surface area (Å²) in [5.74, 6) is 2.23. The van der Waals surface area contributed by atoms with Crippen molar-refractivity contribution >= 4 is 56.6 Å². The molecule has 0 unspecified atom stereocenters. The normalized spacial score (nSPS) is 12.9. The molecule has 2 nitrogen and oxygen atoms in total. The van der Waals surface area contributed by atoms with Crippen molar-refractivity contribution in [2.45, 2.75) is 90.9 Å². The van der Waals surface area contributed by atoms with E-state index in [9.17, 15) is 0 Å². The molecule has 0 radical (unpaired) electrons. The van der Waals surface area contributed by atoms with Gasteiger partial charge in [0.25, 0.3) is 0 Å². The predicted octanol–water partition coefficient (Wildman–Crippen LogP) is 3.03. The van der Waals surface area contributed by atoms with Crippen LogP contribution in [-0.4, -0.2) is 24.7 Å². The topological polar surface area (TPSA) is 18.5 Å². The van der Waals surface area contributed by atoms with Gasteiger partial charge in [0.15, 0.2) is 0 Å². The summed E-state index contributed by atoms with van der Waals surface area (Å²) in [6.07, 6.45) is 0. The van der Waals surface area contributed by atoms with Crippen LogP contribution in [0, 0.1) is 0 Å². The quantitative estimate of drug-likeness (QED) is 0.221. The Balaban J connectivity index is 0.00000267. The van der Waals surface area contributed by atoms with Gasteiger partial charge in [0.05, 0.1) is 8.07 Å². The molecule has 0 saturated heterocycles. The molecular formula is C32H46Cl2HfO2Si3. The molecule has 216 valence electrons. The second-order valence-electron chi connectivity index (χ2n) is 14.3. The number of benzene rings is 2. The molecule has 0 saturated carbocycles. The van der Waals surface area contributed by atoms with E-state index in [1.165, 1.54) is 31.9 Å². The maximum Gasteiger partial charge on any atom is 4.00 e. The number of fused-ring (bicyclic) bond motifs is 2. The Bertz CT molecular complexity index is 1330. The van der Waals surface area contributed by atoms with Gasteiger partial charge in [-0.2, -0.15) is 0 Å². The van der Waals surface area contributed by atoms with Gasteiger partial charge in [0.1, 0.15) is 0 Å². The van der Waals surface area contributed by atoms with Crippen LogP contribution in [0.1, 0.15) is 41.5 Å². The van der Waals surface area contributed by atoms with Crippen molar-refractivity contribution in [1.29, 1.82) is 0 Å². The second-order valence-corrected chi connectivity index (χ2v) is 28.1. The van der Waals surface area contributed by atoms with Crippen molar-refractivity contribution in [3.05, 3.63) is 60.7 Å². The fraction of sp³-hybridized carbons (Fsp3) is 0.438. The van der Waals surface area contributed by atoms with Crippen molar-refractivity contribution < 1.29 is 59.5 Å². The molecule has 0 bridgehead atoms. The number of rotatable bonds is 6. The van der Waals surface area contributed by atoms with Crippen LogP contribution in [0.4, 0.5) is 0 Å². The third-order valence-electron chi connectivity index (χ3n) is 9.17. The van der Waals surface area contributed by atoms with E-state index in [2.05, 4.69) is 141 Å². The average Bonchev–Trinajstić information content (AvgIpc) is 3.32. The molecule has 4 aromatic rings. The molecule has 0 aliphatic rings. The molecular weight excluding hydrogens is 750 g/mol. The van der Waals surface area contributed by atoms with E-state index in [1.807, 2.05) is 0 Å². The Morgan fingerprint density at radius 1 is 0.550 bits per heavy atom. The standard InChI is InChI=1S/C32H46O2Si3.2ClH.Hf/c1-31(2,3)36(9,10)33-29-25-19-15-13-17-23(25)21-27(29)35(7,8)28-22-24-18-14-16-20-26(24)30(28)34-37(11,12)32(4,5)6;;;/h13-22H,1-12H3;2*1H;/q-2;;;+4/p-2. The molecule has 0 atom stereocenters. The van der Waals surface area contributed by atoms with Crippen LogP contribution in [0.5, 0.6) is 11.5 Å². The number of hydrogen-bond donors (Lipinski definition) is 0. The largest absolute Gasteiger partial charge is 4.00 e. The summed E-state index contributed by atoms with van der Waals surface area (Å²) < 4.78 is 14.3. The third kappa shape index (κ3) is 6.78. The first-order valence-electron chi connectivity index (χ1n) is 13.6. The molecule has 8 heteroatoms. The van der Waals surface area contributed by atoms with E-state index >= 15 is 0 Å². The molecule has 4 aromatic carbocycles. The maximum atomic E-state index is 7.17. The van der Waals surface area contributed by atoms with Crippen LogP contribution in [0.25, 0.3) is 21.5 Å². The van der Waals surface area contributed by atoms with Gasteiger partial charge in [-0.1, -0.05) is 66.8 Å². The monoisotopic (exact) mass is 796 g/mol. The number of hydrogen-bond acceptors (Lipinski definition) is 2. The minimum atomic E-state index is -2.23. The fourth-order valence-corrected chi connectivity index (χ4v) is 9.61. The van der Waals surface area contributed by atoms with Gasteiger partial charge in [0, 0.05) is 0 Å². The number of halogens is 2. The van der Waals surface area contributed by atoms with Crippen molar-refractivity contribution in [3.63, 3.8) is 0 Å². The molecule has 0 fully saturated rings. The minimum absolute atomic E-state index is 0. The van der Waals surface area contributed by atoms with Crippen LogP contribution in [0.3, 0.4) is 0 Å². The van der Waals surface area contributed by atoms with Crippen molar-refractivity contribution in [2.24, 2.45) is 0 Å². The summed E-state index contributed by atoms with van der Waals surface area (Å²) in [6.45, 7) is 28.3. The Labute approximate surface area is 277 Å². The van der Waals surface area contributed by atoms with Gasteiger partial charge in [-0.3, -0.25) is 0 Å². The molecule has 0 heterocycles. The van der Waals surface area contributed by atoms with E-state index in [-0.39, 0.29) is 60.7 Å². The summed E-state index contributed by atoms with van der Waals surface area (Å²) in [6, 6.07) is 22.3. The summed E-state index contributed by atoms with van der Waals surface area (Å²) in [5, 5.41) is 8.05. The first-order chi connectivity index (χ1) is 16.9. The van der Waals surface area contributed by atoms with Crippen molar-refractivity contribution in [1.82, 2.24) is 0 Å². The van der Waals surface area contributed by atoms with E-state index in [4.69, 9.17) is 8.85 Å². The molecule has 4 rings (SSSR count). The SMILES string of the molecule is CC(C)(C)[Si](C)(C)Oc1c([Si](C)(C)c2[cH-]c3ccccc3c2O[Si](C)(C)C(C)(C)C)[cH-]c2ccccc12.[Cl-].[Cl-].[Hf+4]. The van der Waals surface area contributed by atoms with Crippen LogP contribution in [0.15, 0.2) is 60.7 Å². The molecule has 40 heavy (non-hydrogen) atoms. The van der Waals surface area contributed by atoms with Crippen LogP contribution in [0.2, 0.25) is 49.4 Å². The predicted molar refractivity (Wildman–Crippen MR) is 171 cm³/mol. The first kappa shape index (κ1) is 37.4. The van der Waals surface area contributed by atoms with Crippen molar-refractivity contribution in [2.75, 3.05) is 0 Å². The fourth-order valence-electron chi connectivity index (χ4n) is 4.50. The maximum absolute atomic E-state index is 7.17. The Hall–Kier alpha value is -0.639. The zero-order chi connectivity index (χ0) is 27.6. The Morgan fingerprint density at radius 2 is 0.850 bits per heavy atom. The van der Waals surface area contributed by atoms with E-state index < -0.39 is 24.7 Å². The molecule has 0 N–H and O–H groups in total. The first-order valence-corrected chi connectivity index (χ1v) is 22.4. The van der Waals surface area contributed by atoms with Gasteiger partial charge in [0.2, 0.25) is 16.6 Å². The van der Waals surface area contributed by atoms with Gasteiger partial charge in [-0.15, -0.1) is 80.4 Å². The third-order valence-corrected chi connectivity index (χ3v) is 21.3. The summed E-state index contributed by atoms with van der Waals surface area (Å²) in [4.78, 5) is 0. The second kappa shape index (κ2) is 12.5. The van der Waals surface area contributed by atoms with Gasteiger partial charge < -0.3 is 33.7 Å². The Morgan fingerprint density at radius 3 is 1.15 bits per heavy atom. The molecule has 0 spiro atoms. The summed E-state index contributed by atoms with van der Waals surface area (Å²) in [7, 11) is -6.33. The summed E-state index contributed by atoms with van der Waals surface area (Å²) in [5.41, 5.74) is 0. The zero-order valence-electron chi connectivity index (χ0n) is 26.3. The van der Waals surface area contributed by atoms with E-state index in [1.54, 1.807) is 0 Å². The van der Waals surface area contributed by atoms with E-state index in [0.717, 1.165) is 11.5 Å². The molecule has 0 aromatic heterocycles. The minimum Gasteiger partial charge on any atom is -1.00 e. The smallest absolute Gasteiger partial charge is 1.00 e. The molecule has 0 aliphatic carbocycles. The average molecular weight is 796 g/mol.